The largest absolute Gasteiger partial charge is 0.376 e. The number of thioether (sulfide) groups is 1. The summed E-state index contributed by atoms with van der Waals surface area (Å²) in [5.41, 5.74) is 3.78. The normalized spacial score (nSPS) is 17.8. The lowest BCUT2D eigenvalue weighted by atomic mass is 10.1. The number of aryl methyl sites for hydroxylation is 1. The maximum absolute atomic E-state index is 4.17. The van der Waals surface area contributed by atoms with Crippen molar-refractivity contribution < 1.29 is 0 Å². The molecule has 86 valence electrons. The van der Waals surface area contributed by atoms with Crippen molar-refractivity contribution in [3.8, 4) is 0 Å². The summed E-state index contributed by atoms with van der Waals surface area (Å²) >= 11 is 1.92. The van der Waals surface area contributed by atoms with E-state index >= 15 is 0 Å². The van der Waals surface area contributed by atoms with Gasteiger partial charge >= 0.3 is 0 Å². The van der Waals surface area contributed by atoms with Crippen LogP contribution in [0.15, 0.2) is 47.6 Å². The van der Waals surface area contributed by atoms with E-state index in [0.717, 1.165) is 11.4 Å². The van der Waals surface area contributed by atoms with E-state index in [1.54, 1.807) is 0 Å². The van der Waals surface area contributed by atoms with Gasteiger partial charge in [-0.1, -0.05) is 18.2 Å². The molecule has 2 aromatic rings. The molecule has 2 nitrogen and oxygen atoms in total. The van der Waals surface area contributed by atoms with E-state index < -0.39 is 0 Å². The lowest BCUT2D eigenvalue weighted by Crippen LogP contribution is -2.10. The number of anilines is 1. The second-order valence-electron chi connectivity index (χ2n) is 4.24. The SMILES string of the molecule is Cc1ccncc1NC1CSc2ccccc21. The molecular formula is C14H14N2S. The van der Waals surface area contributed by atoms with Gasteiger partial charge in [0.05, 0.1) is 17.9 Å². The molecular weight excluding hydrogens is 228 g/mol. The number of hydrogen-bond acceptors (Lipinski definition) is 3. The predicted octanol–water partition coefficient (Wildman–Crippen LogP) is 3.65. The number of hydrogen-bond donors (Lipinski definition) is 1. The average Bonchev–Trinajstić information content (AvgIpc) is 2.76. The molecule has 2 heterocycles. The zero-order valence-corrected chi connectivity index (χ0v) is 10.5. The van der Waals surface area contributed by atoms with E-state index in [0.29, 0.717) is 6.04 Å². The first-order chi connectivity index (χ1) is 8.34. The van der Waals surface area contributed by atoms with Crippen LogP contribution in [0.3, 0.4) is 0 Å². The number of benzene rings is 1. The summed E-state index contributed by atoms with van der Waals surface area (Å²) in [6.07, 6.45) is 3.73. The minimum atomic E-state index is 0.402. The van der Waals surface area contributed by atoms with Crippen molar-refractivity contribution in [2.24, 2.45) is 0 Å². The molecule has 1 aliphatic heterocycles. The maximum atomic E-state index is 4.17. The molecule has 0 spiro atoms. The second kappa shape index (κ2) is 4.41. The summed E-state index contributed by atoms with van der Waals surface area (Å²) < 4.78 is 0. The first kappa shape index (κ1) is 10.7. The molecule has 1 N–H and O–H groups in total. The van der Waals surface area contributed by atoms with Gasteiger partial charge in [0.15, 0.2) is 0 Å². The van der Waals surface area contributed by atoms with Gasteiger partial charge in [0.2, 0.25) is 0 Å². The van der Waals surface area contributed by atoms with Crippen molar-refractivity contribution in [3.05, 3.63) is 53.9 Å². The lowest BCUT2D eigenvalue weighted by molar-refractivity contribution is 0.895. The van der Waals surface area contributed by atoms with E-state index in [2.05, 4.69) is 41.5 Å². The molecule has 1 atom stereocenters. The Balaban J connectivity index is 1.87. The predicted molar refractivity (Wildman–Crippen MR) is 72.5 cm³/mol. The van der Waals surface area contributed by atoms with Crippen molar-refractivity contribution in [1.82, 2.24) is 4.98 Å². The fraction of sp³-hybridized carbons (Fsp3) is 0.214. The van der Waals surface area contributed by atoms with Crippen LogP contribution in [0.25, 0.3) is 0 Å². The molecule has 1 aromatic heterocycles. The quantitative estimate of drug-likeness (QED) is 0.870. The van der Waals surface area contributed by atoms with Gasteiger partial charge in [-0.3, -0.25) is 4.98 Å². The Morgan fingerprint density at radius 2 is 2.18 bits per heavy atom. The van der Waals surface area contributed by atoms with Crippen LogP contribution in [0.2, 0.25) is 0 Å². The highest BCUT2D eigenvalue weighted by Gasteiger charge is 2.22. The van der Waals surface area contributed by atoms with E-state index in [9.17, 15) is 0 Å². The van der Waals surface area contributed by atoms with E-state index in [-0.39, 0.29) is 0 Å². The van der Waals surface area contributed by atoms with Crippen LogP contribution in [-0.4, -0.2) is 10.7 Å². The monoisotopic (exact) mass is 242 g/mol. The molecule has 0 fully saturated rings. The Hall–Kier alpha value is -1.48. The third-order valence-corrected chi connectivity index (χ3v) is 4.25. The Bertz CT molecular complexity index is 539. The summed E-state index contributed by atoms with van der Waals surface area (Å²) in [5, 5.41) is 3.58. The van der Waals surface area contributed by atoms with Gasteiger partial charge in [-0.15, -0.1) is 11.8 Å². The molecule has 0 saturated heterocycles. The summed E-state index contributed by atoms with van der Waals surface area (Å²) in [6, 6.07) is 11.0. The number of rotatable bonds is 2. The number of pyridine rings is 1. The highest BCUT2D eigenvalue weighted by molar-refractivity contribution is 7.99. The van der Waals surface area contributed by atoms with E-state index in [1.165, 1.54) is 16.0 Å². The fourth-order valence-corrected chi connectivity index (χ4v) is 3.25. The Morgan fingerprint density at radius 3 is 3.06 bits per heavy atom. The Morgan fingerprint density at radius 1 is 1.29 bits per heavy atom. The fourth-order valence-electron chi connectivity index (χ4n) is 2.08. The number of fused-ring (bicyclic) bond motifs is 1. The first-order valence-corrected chi connectivity index (χ1v) is 6.72. The summed E-state index contributed by atoms with van der Waals surface area (Å²) in [4.78, 5) is 5.57. The molecule has 1 aliphatic rings. The van der Waals surface area contributed by atoms with Gasteiger partial charge in [0, 0.05) is 16.8 Å². The van der Waals surface area contributed by atoms with Gasteiger partial charge in [-0.25, -0.2) is 0 Å². The molecule has 0 bridgehead atoms. The molecule has 17 heavy (non-hydrogen) atoms. The van der Waals surface area contributed by atoms with Gasteiger partial charge in [-0.2, -0.15) is 0 Å². The molecule has 0 amide bonds. The lowest BCUT2D eigenvalue weighted by Gasteiger charge is -2.16. The average molecular weight is 242 g/mol. The van der Waals surface area contributed by atoms with Crippen LogP contribution in [0, 0.1) is 6.92 Å². The molecule has 0 radical (unpaired) electrons. The van der Waals surface area contributed by atoms with Crippen LogP contribution in [-0.2, 0) is 0 Å². The van der Waals surface area contributed by atoms with Crippen LogP contribution >= 0.6 is 11.8 Å². The van der Waals surface area contributed by atoms with Gasteiger partial charge in [-0.05, 0) is 30.2 Å². The molecule has 3 rings (SSSR count). The van der Waals surface area contributed by atoms with Crippen LogP contribution in [0.4, 0.5) is 5.69 Å². The van der Waals surface area contributed by atoms with Crippen LogP contribution in [0.5, 0.6) is 0 Å². The van der Waals surface area contributed by atoms with Gasteiger partial charge < -0.3 is 5.32 Å². The Labute approximate surface area is 105 Å². The highest BCUT2D eigenvalue weighted by atomic mass is 32.2. The number of nitrogens with zero attached hydrogens (tertiary/aromatic N) is 1. The third-order valence-electron chi connectivity index (χ3n) is 3.07. The standard InChI is InChI=1S/C14H14N2S/c1-10-6-7-15-8-12(10)16-13-9-17-14-5-3-2-4-11(13)14/h2-8,13,16H,9H2,1H3. The Kier molecular flexibility index (Phi) is 2.77. The summed E-state index contributed by atoms with van der Waals surface area (Å²) in [6.45, 7) is 2.11. The number of aromatic nitrogens is 1. The smallest absolute Gasteiger partial charge is 0.0619 e. The highest BCUT2D eigenvalue weighted by Crippen LogP contribution is 2.39. The minimum Gasteiger partial charge on any atom is -0.376 e. The van der Waals surface area contributed by atoms with Gasteiger partial charge in [0.25, 0.3) is 0 Å². The minimum absolute atomic E-state index is 0.402. The van der Waals surface area contributed by atoms with Crippen molar-refractivity contribution in [2.75, 3.05) is 11.1 Å². The molecule has 3 heteroatoms. The zero-order valence-electron chi connectivity index (χ0n) is 9.68. The van der Waals surface area contributed by atoms with E-state index in [4.69, 9.17) is 0 Å². The third kappa shape index (κ3) is 2.03. The number of nitrogens with one attached hydrogen (secondary N) is 1. The summed E-state index contributed by atoms with van der Waals surface area (Å²) in [7, 11) is 0. The van der Waals surface area contributed by atoms with Crippen molar-refractivity contribution >= 4 is 17.4 Å². The molecule has 1 aromatic carbocycles. The molecule has 1 unspecified atom stereocenters. The van der Waals surface area contributed by atoms with Crippen LogP contribution < -0.4 is 5.32 Å². The van der Waals surface area contributed by atoms with Crippen molar-refractivity contribution in [2.45, 2.75) is 17.9 Å². The van der Waals surface area contributed by atoms with Crippen LogP contribution in [0.1, 0.15) is 17.2 Å². The first-order valence-electron chi connectivity index (χ1n) is 5.73. The zero-order chi connectivity index (χ0) is 11.7. The summed E-state index contributed by atoms with van der Waals surface area (Å²) in [5.74, 6) is 1.09. The van der Waals surface area contributed by atoms with Crippen molar-refractivity contribution in [1.29, 1.82) is 0 Å². The van der Waals surface area contributed by atoms with Gasteiger partial charge in [0.1, 0.15) is 0 Å². The maximum Gasteiger partial charge on any atom is 0.0619 e. The second-order valence-corrected chi connectivity index (χ2v) is 5.30. The van der Waals surface area contributed by atoms with E-state index in [1.807, 2.05) is 30.2 Å². The molecule has 0 saturated carbocycles. The van der Waals surface area contributed by atoms with Crippen molar-refractivity contribution in [3.63, 3.8) is 0 Å². The molecule has 0 aliphatic carbocycles. The topological polar surface area (TPSA) is 24.9 Å².